The van der Waals surface area contributed by atoms with E-state index in [2.05, 4.69) is 5.32 Å². The van der Waals surface area contributed by atoms with E-state index in [1.165, 1.54) is 6.07 Å². The lowest BCUT2D eigenvalue weighted by atomic mass is 10.0. The molecule has 0 aliphatic heterocycles. The monoisotopic (exact) mass is 351 g/mol. The fourth-order valence-electron chi connectivity index (χ4n) is 2.68. The van der Waals surface area contributed by atoms with Crippen molar-refractivity contribution >= 4 is 22.6 Å². The Balaban J connectivity index is 1.50. The van der Waals surface area contributed by atoms with E-state index in [1.54, 1.807) is 18.2 Å². The van der Waals surface area contributed by atoms with E-state index in [0.717, 1.165) is 16.3 Å². The Bertz CT molecular complexity index is 934. The lowest BCUT2D eigenvalue weighted by molar-refractivity contribution is -0.145. The molecule has 3 rings (SSSR count). The molecule has 0 fully saturated rings. The van der Waals surface area contributed by atoms with Crippen molar-refractivity contribution in [1.82, 2.24) is 5.32 Å². The van der Waals surface area contributed by atoms with Crippen molar-refractivity contribution in [3.8, 4) is 0 Å². The van der Waals surface area contributed by atoms with Gasteiger partial charge < -0.3 is 10.1 Å². The molecule has 3 aromatic rings. The van der Waals surface area contributed by atoms with Gasteiger partial charge in [0.05, 0.1) is 6.42 Å². The zero-order valence-electron chi connectivity index (χ0n) is 14.1. The number of rotatable bonds is 6. The van der Waals surface area contributed by atoms with Crippen molar-refractivity contribution in [1.29, 1.82) is 0 Å². The third-order valence-corrected chi connectivity index (χ3v) is 4.01. The molecule has 0 radical (unpaired) electrons. The number of nitrogens with one attached hydrogen (secondary N) is 1. The molecular weight excluding hydrogens is 333 g/mol. The molecule has 26 heavy (non-hydrogen) atoms. The molecule has 4 nitrogen and oxygen atoms in total. The van der Waals surface area contributed by atoms with Crippen molar-refractivity contribution in [2.75, 3.05) is 6.54 Å². The molecule has 0 atom stereocenters. The molecule has 0 saturated heterocycles. The number of ether oxygens (including phenoxy) is 1. The second-order valence-electron chi connectivity index (χ2n) is 5.84. The molecule has 1 N–H and O–H groups in total. The van der Waals surface area contributed by atoms with Crippen LogP contribution in [0.2, 0.25) is 0 Å². The quantitative estimate of drug-likeness (QED) is 0.693. The van der Waals surface area contributed by atoms with Crippen molar-refractivity contribution in [2.24, 2.45) is 0 Å². The van der Waals surface area contributed by atoms with Gasteiger partial charge in [-0.3, -0.25) is 9.59 Å². The van der Waals surface area contributed by atoms with E-state index >= 15 is 0 Å². The summed E-state index contributed by atoms with van der Waals surface area (Å²) in [5.41, 5.74) is 1.18. The van der Waals surface area contributed by atoms with E-state index < -0.39 is 11.8 Å². The van der Waals surface area contributed by atoms with Gasteiger partial charge in [-0.25, -0.2) is 4.39 Å². The lowest BCUT2D eigenvalue weighted by Gasteiger charge is -2.09. The average molecular weight is 351 g/mol. The standard InChI is InChI=1S/C21H18FNO3/c22-19-11-4-2-7-17(19)14-26-21(25)13-23-20(24)12-16-9-5-8-15-6-1-3-10-18(15)16/h1-11H,12-14H2,(H,23,24). The van der Waals surface area contributed by atoms with Gasteiger partial charge >= 0.3 is 5.97 Å². The zero-order valence-corrected chi connectivity index (χ0v) is 14.1. The Morgan fingerprint density at radius 2 is 1.58 bits per heavy atom. The van der Waals surface area contributed by atoms with Gasteiger partial charge in [-0.05, 0) is 22.4 Å². The molecule has 5 heteroatoms. The van der Waals surface area contributed by atoms with Crippen LogP contribution in [0.25, 0.3) is 10.8 Å². The maximum Gasteiger partial charge on any atom is 0.325 e. The van der Waals surface area contributed by atoms with Crippen LogP contribution in [0.3, 0.4) is 0 Å². The van der Waals surface area contributed by atoms with Gasteiger partial charge in [0.15, 0.2) is 0 Å². The van der Waals surface area contributed by atoms with Crippen molar-refractivity contribution < 1.29 is 18.7 Å². The summed E-state index contributed by atoms with van der Waals surface area (Å²) in [5.74, 6) is -1.32. The van der Waals surface area contributed by atoms with Gasteiger partial charge in [-0.1, -0.05) is 60.7 Å². The topological polar surface area (TPSA) is 55.4 Å². The third-order valence-electron chi connectivity index (χ3n) is 4.01. The minimum absolute atomic E-state index is 0.162. The Labute approximate surface area is 150 Å². The number of hydrogen-bond acceptors (Lipinski definition) is 3. The first-order valence-electron chi connectivity index (χ1n) is 8.26. The van der Waals surface area contributed by atoms with E-state index in [4.69, 9.17) is 4.74 Å². The minimum Gasteiger partial charge on any atom is -0.459 e. The highest BCUT2D eigenvalue weighted by Crippen LogP contribution is 2.18. The summed E-state index contributed by atoms with van der Waals surface area (Å²) in [5, 5.41) is 4.60. The van der Waals surface area contributed by atoms with Crippen LogP contribution in [0, 0.1) is 5.82 Å². The minimum atomic E-state index is -0.612. The number of amides is 1. The normalized spacial score (nSPS) is 10.5. The maximum absolute atomic E-state index is 13.5. The molecule has 0 saturated carbocycles. The molecule has 0 bridgehead atoms. The van der Waals surface area contributed by atoms with E-state index in [-0.39, 0.29) is 25.5 Å². The number of carbonyl (C=O) groups is 2. The Morgan fingerprint density at radius 1 is 0.885 bits per heavy atom. The van der Waals surface area contributed by atoms with Gasteiger partial charge in [0.1, 0.15) is 19.0 Å². The van der Waals surface area contributed by atoms with Crippen molar-refractivity contribution in [2.45, 2.75) is 13.0 Å². The predicted molar refractivity (Wildman–Crippen MR) is 96.9 cm³/mol. The van der Waals surface area contributed by atoms with Crippen molar-refractivity contribution in [3.63, 3.8) is 0 Å². The summed E-state index contributed by atoms with van der Waals surface area (Å²) in [7, 11) is 0. The highest BCUT2D eigenvalue weighted by molar-refractivity contribution is 5.91. The number of carbonyl (C=O) groups excluding carboxylic acids is 2. The SMILES string of the molecule is O=C(Cc1cccc2ccccc12)NCC(=O)OCc1ccccc1F. The second kappa shape index (κ2) is 8.25. The van der Waals surface area contributed by atoms with Crippen LogP contribution in [0.5, 0.6) is 0 Å². The summed E-state index contributed by atoms with van der Waals surface area (Å²) >= 11 is 0. The Kier molecular flexibility index (Phi) is 5.59. The predicted octanol–water partition coefficient (Wildman–Crippen LogP) is 3.38. The molecule has 0 aliphatic carbocycles. The van der Waals surface area contributed by atoms with Crippen LogP contribution in [0.15, 0.2) is 66.7 Å². The maximum atomic E-state index is 13.5. The van der Waals surface area contributed by atoms with Gasteiger partial charge in [0.25, 0.3) is 0 Å². The van der Waals surface area contributed by atoms with Crippen LogP contribution in [0.4, 0.5) is 4.39 Å². The van der Waals surface area contributed by atoms with Crippen LogP contribution < -0.4 is 5.32 Å². The van der Waals surface area contributed by atoms with Gasteiger partial charge in [-0.2, -0.15) is 0 Å². The Morgan fingerprint density at radius 3 is 2.42 bits per heavy atom. The zero-order chi connectivity index (χ0) is 18.4. The summed E-state index contributed by atoms with van der Waals surface area (Å²) in [6, 6.07) is 19.6. The molecule has 0 unspecified atom stereocenters. The molecule has 0 spiro atoms. The van der Waals surface area contributed by atoms with Gasteiger partial charge in [0.2, 0.25) is 5.91 Å². The summed E-state index contributed by atoms with van der Waals surface area (Å²) < 4.78 is 18.4. The van der Waals surface area contributed by atoms with E-state index in [9.17, 15) is 14.0 Å². The second-order valence-corrected chi connectivity index (χ2v) is 5.84. The largest absolute Gasteiger partial charge is 0.459 e. The smallest absolute Gasteiger partial charge is 0.325 e. The first kappa shape index (κ1) is 17.6. The summed E-state index contributed by atoms with van der Waals surface area (Å²) in [6.45, 7) is -0.414. The molecule has 0 aromatic heterocycles. The first-order valence-corrected chi connectivity index (χ1v) is 8.26. The highest BCUT2D eigenvalue weighted by atomic mass is 19.1. The van der Waals surface area contributed by atoms with Gasteiger partial charge in [0, 0.05) is 5.56 Å². The number of fused-ring (bicyclic) bond motifs is 1. The molecule has 0 aliphatic rings. The van der Waals surface area contributed by atoms with Crippen LogP contribution in [0.1, 0.15) is 11.1 Å². The summed E-state index contributed by atoms with van der Waals surface area (Å²) in [6.07, 6.45) is 0.169. The van der Waals surface area contributed by atoms with E-state index in [0.29, 0.717) is 5.56 Å². The van der Waals surface area contributed by atoms with Gasteiger partial charge in [-0.15, -0.1) is 0 Å². The van der Waals surface area contributed by atoms with Crippen LogP contribution >= 0.6 is 0 Å². The lowest BCUT2D eigenvalue weighted by Crippen LogP contribution is -2.31. The number of benzene rings is 3. The average Bonchev–Trinajstić information content (AvgIpc) is 2.66. The number of hydrogen-bond donors (Lipinski definition) is 1. The Hall–Kier alpha value is -3.21. The molecule has 132 valence electrons. The summed E-state index contributed by atoms with van der Waals surface area (Å²) in [4.78, 5) is 23.8. The molecular formula is C21H18FNO3. The van der Waals surface area contributed by atoms with Crippen LogP contribution in [-0.4, -0.2) is 18.4 Å². The number of esters is 1. The van der Waals surface area contributed by atoms with Crippen molar-refractivity contribution in [3.05, 3.63) is 83.7 Å². The first-order chi connectivity index (χ1) is 12.6. The molecule has 1 amide bonds. The fraction of sp³-hybridized carbons (Fsp3) is 0.143. The molecule has 0 heterocycles. The molecule has 3 aromatic carbocycles. The highest BCUT2D eigenvalue weighted by Gasteiger charge is 2.10. The fourth-order valence-corrected chi connectivity index (χ4v) is 2.68. The van der Waals surface area contributed by atoms with Crippen LogP contribution in [-0.2, 0) is 27.4 Å². The third kappa shape index (κ3) is 4.45. The van der Waals surface area contributed by atoms with E-state index in [1.807, 2.05) is 42.5 Å². The number of halogens is 1.